The Labute approximate surface area is 231 Å². The molecule has 9 heteroatoms. The van der Waals surface area contributed by atoms with E-state index in [1.807, 2.05) is 48.6 Å². The SMILES string of the molecule is O=C(C[N+]12CCC(CC1)[C@@H](OC(=O)C1(O)c3ccccc3C=Cc3ccccc31)C2)Nc1cncnc1.[Br-]. The number of nitrogens with zero attached hydrogens (tertiary/aromatic N) is 3. The van der Waals surface area contributed by atoms with Crippen LogP contribution in [0.4, 0.5) is 5.69 Å². The zero-order chi connectivity index (χ0) is 25.5. The number of aliphatic hydroxyl groups is 1. The number of hydrogen-bond acceptors (Lipinski definition) is 6. The molecule has 0 spiro atoms. The number of hydrogen-bond donors (Lipinski definition) is 2. The molecule has 1 atom stereocenters. The molecule has 3 fully saturated rings. The van der Waals surface area contributed by atoms with Crippen molar-refractivity contribution < 1.29 is 40.9 Å². The molecule has 7 rings (SSSR count). The van der Waals surface area contributed by atoms with Crippen LogP contribution in [0.1, 0.15) is 35.1 Å². The standard InChI is InChI=1S/C29H28N4O4.BrH/c34-27(32-23-15-30-19-31-16-23)18-33-13-11-22(12-14-33)26(17-33)37-28(35)29(36)24-7-3-1-5-20(24)9-10-21-6-2-4-8-25(21)29;/h1-10,15-16,19,22,26,36H,11-14,17-18H2;1H/t22?,26-,33?;/m0./s1. The molecule has 2 N–H and O–H groups in total. The zero-order valence-electron chi connectivity index (χ0n) is 20.8. The predicted molar refractivity (Wildman–Crippen MR) is 138 cm³/mol. The van der Waals surface area contributed by atoms with Gasteiger partial charge in [-0.25, -0.2) is 14.8 Å². The van der Waals surface area contributed by atoms with Gasteiger partial charge in [0.05, 0.1) is 31.2 Å². The molecular formula is C29H29BrN4O4. The summed E-state index contributed by atoms with van der Waals surface area (Å²) in [5.74, 6) is -0.567. The lowest BCUT2D eigenvalue weighted by atomic mass is 9.81. The smallest absolute Gasteiger partial charge is 0.348 e. The normalized spacial score (nSPS) is 24.2. The summed E-state index contributed by atoms with van der Waals surface area (Å²) in [6.07, 6.45) is 9.75. The fraction of sp³-hybridized carbons (Fsp3) is 0.310. The van der Waals surface area contributed by atoms with E-state index in [0.29, 0.717) is 27.8 Å². The third kappa shape index (κ3) is 4.66. The van der Waals surface area contributed by atoms with Crippen molar-refractivity contribution in [2.45, 2.75) is 24.5 Å². The van der Waals surface area contributed by atoms with Crippen LogP contribution in [0.25, 0.3) is 12.2 Å². The van der Waals surface area contributed by atoms with Gasteiger partial charge in [-0.3, -0.25) is 4.79 Å². The quantitative estimate of drug-likeness (QED) is 0.327. The van der Waals surface area contributed by atoms with Gasteiger partial charge in [0.2, 0.25) is 5.60 Å². The first-order chi connectivity index (χ1) is 18.0. The second kappa shape index (κ2) is 10.4. The molecule has 2 aromatic carbocycles. The van der Waals surface area contributed by atoms with Crippen molar-refractivity contribution in [1.29, 1.82) is 0 Å². The number of rotatable bonds is 5. The minimum atomic E-state index is -1.93. The van der Waals surface area contributed by atoms with Crippen molar-refractivity contribution in [2.75, 3.05) is 31.5 Å². The second-order valence-electron chi connectivity index (χ2n) is 10.3. The molecular weight excluding hydrogens is 548 g/mol. The van der Waals surface area contributed by atoms with Crippen LogP contribution >= 0.6 is 0 Å². The molecule has 0 unspecified atom stereocenters. The number of carbonyl (C=O) groups excluding carboxylic acids is 2. The van der Waals surface area contributed by atoms with Crippen LogP contribution in [-0.2, 0) is 19.9 Å². The average molecular weight is 577 g/mol. The summed E-state index contributed by atoms with van der Waals surface area (Å²) in [7, 11) is 0. The lowest BCUT2D eigenvalue weighted by molar-refractivity contribution is -0.939. The van der Waals surface area contributed by atoms with Crippen LogP contribution < -0.4 is 22.3 Å². The van der Waals surface area contributed by atoms with Gasteiger partial charge < -0.3 is 36.6 Å². The van der Waals surface area contributed by atoms with Crippen LogP contribution in [0.2, 0.25) is 0 Å². The average Bonchev–Trinajstić information content (AvgIpc) is 3.05. The predicted octanol–water partition coefficient (Wildman–Crippen LogP) is -0.00880. The Bertz CT molecular complexity index is 1320. The summed E-state index contributed by atoms with van der Waals surface area (Å²) in [5, 5.41) is 15.0. The summed E-state index contributed by atoms with van der Waals surface area (Å²) in [6.45, 7) is 2.55. The minimum Gasteiger partial charge on any atom is -1.00 e. The molecule has 0 radical (unpaired) electrons. The van der Waals surface area contributed by atoms with Crippen LogP contribution in [0.5, 0.6) is 0 Å². The molecule has 3 aromatic rings. The van der Waals surface area contributed by atoms with Gasteiger partial charge >= 0.3 is 5.97 Å². The number of esters is 1. The van der Waals surface area contributed by atoms with Gasteiger partial charge in [0, 0.05) is 29.9 Å². The Morgan fingerprint density at radius 1 is 0.974 bits per heavy atom. The highest BCUT2D eigenvalue weighted by Crippen LogP contribution is 2.41. The maximum atomic E-state index is 13.9. The number of ether oxygens (including phenoxy) is 1. The molecule has 196 valence electrons. The van der Waals surface area contributed by atoms with Crippen LogP contribution in [-0.4, -0.2) is 63.7 Å². The molecule has 1 aliphatic carbocycles. The van der Waals surface area contributed by atoms with Crippen molar-refractivity contribution in [3.05, 3.63) is 89.5 Å². The number of anilines is 1. The Kier molecular flexibility index (Phi) is 7.17. The van der Waals surface area contributed by atoms with E-state index in [4.69, 9.17) is 4.74 Å². The van der Waals surface area contributed by atoms with Crippen LogP contribution in [0.3, 0.4) is 0 Å². The maximum absolute atomic E-state index is 13.9. The second-order valence-corrected chi connectivity index (χ2v) is 10.3. The number of piperidine rings is 3. The topological polar surface area (TPSA) is 101 Å². The Morgan fingerprint density at radius 2 is 1.55 bits per heavy atom. The summed E-state index contributed by atoms with van der Waals surface area (Å²) in [6, 6.07) is 14.8. The fourth-order valence-corrected chi connectivity index (χ4v) is 6.16. The number of nitrogens with one attached hydrogen (secondary N) is 1. The highest BCUT2D eigenvalue weighted by atomic mass is 79.9. The Morgan fingerprint density at radius 3 is 2.16 bits per heavy atom. The van der Waals surface area contributed by atoms with E-state index >= 15 is 0 Å². The van der Waals surface area contributed by atoms with Crippen molar-refractivity contribution in [3.8, 4) is 0 Å². The molecule has 4 heterocycles. The third-order valence-electron chi connectivity index (χ3n) is 8.06. The van der Waals surface area contributed by atoms with Gasteiger partial charge in [0.15, 0.2) is 12.6 Å². The van der Waals surface area contributed by atoms with Gasteiger partial charge in [0.25, 0.3) is 5.91 Å². The Hall–Kier alpha value is -3.40. The molecule has 8 nitrogen and oxygen atoms in total. The van der Waals surface area contributed by atoms with Gasteiger partial charge in [-0.05, 0) is 11.1 Å². The third-order valence-corrected chi connectivity index (χ3v) is 8.06. The van der Waals surface area contributed by atoms with E-state index < -0.39 is 11.6 Å². The van der Waals surface area contributed by atoms with E-state index in [-0.39, 0.29) is 41.5 Å². The largest absolute Gasteiger partial charge is 1.00 e. The van der Waals surface area contributed by atoms with Gasteiger partial charge in [-0.1, -0.05) is 60.7 Å². The van der Waals surface area contributed by atoms with Crippen molar-refractivity contribution in [2.24, 2.45) is 5.92 Å². The summed E-state index contributed by atoms with van der Waals surface area (Å²) in [5.41, 5.74) is 1.20. The molecule has 2 bridgehead atoms. The molecule has 3 saturated heterocycles. The molecule has 3 aliphatic heterocycles. The molecule has 4 aliphatic rings. The van der Waals surface area contributed by atoms with Crippen molar-refractivity contribution in [3.63, 3.8) is 0 Å². The highest BCUT2D eigenvalue weighted by Gasteiger charge is 2.52. The number of carbonyl (C=O) groups is 2. The number of fused-ring (bicyclic) bond motifs is 5. The molecule has 38 heavy (non-hydrogen) atoms. The van der Waals surface area contributed by atoms with E-state index in [1.165, 1.54) is 6.33 Å². The number of quaternary nitrogens is 1. The maximum Gasteiger partial charge on any atom is 0.348 e. The highest BCUT2D eigenvalue weighted by molar-refractivity contribution is 5.92. The first-order valence-corrected chi connectivity index (χ1v) is 12.7. The molecule has 1 aromatic heterocycles. The van der Waals surface area contributed by atoms with Gasteiger partial charge in [-0.15, -0.1) is 0 Å². The lowest BCUT2D eigenvalue weighted by Crippen LogP contribution is -3.00. The number of amides is 1. The summed E-state index contributed by atoms with van der Waals surface area (Å²) in [4.78, 5) is 34.7. The van der Waals surface area contributed by atoms with Gasteiger partial charge in [0.1, 0.15) is 12.9 Å². The van der Waals surface area contributed by atoms with E-state index in [2.05, 4.69) is 15.3 Å². The van der Waals surface area contributed by atoms with E-state index in [9.17, 15) is 14.7 Å². The minimum absolute atomic E-state index is 0. The number of benzene rings is 2. The number of halogens is 1. The van der Waals surface area contributed by atoms with Crippen molar-refractivity contribution >= 4 is 29.7 Å². The van der Waals surface area contributed by atoms with Crippen LogP contribution in [0.15, 0.2) is 67.3 Å². The first kappa shape index (κ1) is 26.2. The zero-order valence-corrected chi connectivity index (χ0v) is 22.4. The molecule has 1 amide bonds. The molecule has 0 saturated carbocycles. The van der Waals surface area contributed by atoms with Crippen LogP contribution in [0, 0.1) is 5.92 Å². The summed E-state index contributed by atoms with van der Waals surface area (Å²) < 4.78 is 6.73. The fourth-order valence-electron chi connectivity index (χ4n) is 6.16. The lowest BCUT2D eigenvalue weighted by Gasteiger charge is -2.51. The Balaban J connectivity index is 0.00000294. The van der Waals surface area contributed by atoms with E-state index in [0.717, 1.165) is 37.1 Å². The van der Waals surface area contributed by atoms with Crippen molar-refractivity contribution in [1.82, 2.24) is 9.97 Å². The van der Waals surface area contributed by atoms with Gasteiger partial charge in [-0.2, -0.15) is 0 Å². The first-order valence-electron chi connectivity index (χ1n) is 12.7. The monoisotopic (exact) mass is 576 g/mol. The summed E-state index contributed by atoms with van der Waals surface area (Å²) >= 11 is 0. The van der Waals surface area contributed by atoms with E-state index in [1.54, 1.807) is 24.5 Å². The number of aromatic nitrogens is 2.